The van der Waals surface area contributed by atoms with Gasteiger partial charge in [-0.3, -0.25) is 0 Å². The fourth-order valence-electron chi connectivity index (χ4n) is 1.58. The number of aliphatic hydroxyl groups is 4. The maximum absolute atomic E-state index is 11.4. The van der Waals surface area contributed by atoms with E-state index in [1.807, 2.05) is 0 Å². The molecule has 0 aliphatic carbocycles. The quantitative estimate of drug-likeness (QED) is 0.406. The lowest BCUT2D eigenvalue weighted by Gasteiger charge is -2.40. The summed E-state index contributed by atoms with van der Waals surface area (Å²) in [6.45, 7) is -1.16. The number of nitrogens with one attached hydrogen (secondary N) is 1. The van der Waals surface area contributed by atoms with E-state index in [2.05, 4.69) is 10.1 Å². The average molecular weight is 355 g/mol. The van der Waals surface area contributed by atoms with Crippen LogP contribution in [-0.4, -0.2) is 74.2 Å². The standard InChI is InChI=1S/C9H14Cl3NO7/c10-9(11,12)2-19-8(18)13-4-6(16)5(15)3(1-14)20-7(4)17/h3-7,14-17H,1-2H2,(H,13,18)/t3-,4+,5-,6-,7+/m1/s1. The highest BCUT2D eigenvalue weighted by Gasteiger charge is 2.44. The molecule has 0 unspecified atom stereocenters. The Balaban J connectivity index is 2.56. The number of ether oxygens (including phenoxy) is 2. The van der Waals surface area contributed by atoms with Crippen LogP contribution < -0.4 is 5.32 Å². The summed E-state index contributed by atoms with van der Waals surface area (Å²) in [5.41, 5.74) is 0. The SMILES string of the molecule is O=C(N[C@H]1[C@@H](O)[C@H](O)[C@@H](CO)O[C@@H]1O)OCC(Cl)(Cl)Cl. The highest BCUT2D eigenvalue weighted by atomic mass is 35.6. The molecule has 1 rings (SSSR count). The Morgan fingerprint density at radius 3 is 2.35 bits per heavy atom. The number of hydrogen-bond acceptors (Lipinski definition) is 7. The van der Waals surface area contributed by atoms with E-state index in [0.717, 1.165) is 0 Å². The van der Waals surface area contributed by atoms with Crippen molar-refractivity contribution in [1.82, 2.24) is 5.32 Å². The van der Waals surface area contributed by atoms with Crippen molar-refractivity contribution in [1.29, 1.82) is 0 Å². The van der Waals surface area contributed by atoms with Gasteiger partial charge in [-0.15, -0.1) is 0 Å². The van der Waals surface area contributed by atoms with E-state index >= 15 is 0 Å². The van der Waals surface area contributed by atoms with Crippen LogP contribution >= 0.6 is 34.8 Å². The van der Waals surface area contributed by atoms with Crippen LogP contribution in [0.15, 0.2) is 0 Å². The molecule has 0 aromatic heterocycles. The van der Waals surface area contributed by atoms with Crippen molar-refractivity contribution in [3.63, 3.8) is 0 Å². The minimum Gasteiger partial charge on any atom is -0.445 e. The van der Waals surface area contributed by atoms with Crippen LogP contribution in [0.25, 0.3) is 0 Å². The Morgan fingerprint density at radius 1 is 1.25 bits per heavy atom. The summed E-state index contributed by atoms with van der Waals surface area (Å²) in [4.78, 5) is 11.4. The zero-order valence-electron chi connectivity index (χ0n) is 9.95. The summed E-state index contributed by atoms with van der Waals surface area (Å²) < 4.78 is 7.56. The van der Waals surface area contributed by atoms with Crippen LogP contribution in [0, 0.1) is 0 Å². The van der Waals surface area contributed by atoms with Gasteiger partial charge in [0.15, 0.2) is 6.29 Å². The van der Waals surface area contributed by atoms with Gasteiger partial charge in [0.1, 0.15) is 31.0 Å². The van der Waals surface area contributed by atoms with Gasteiger partial charge in [0.2, 0.25) is 3.79 Å². The van der Waals surface area contributed by atoms with Crippen LogP contribution in [0.4, 0.5) is 4.79 Å². The van der Waals surface area contributed by atoms with Gasteiger partial charge in [-0.2, -0.15) is 0 Å². The molecule has 1 heterocycles. The summed E-state index contributed by atoms with van der Waals surface area (Å²) in [5, 5.41) is 39.9. The third kappa shape index (κ3) is 5.05. The number of rotatable bonds is 3. The smallest absolute Gasteiger partial charge is 0.407 e. The fourth-order valence-corrected chi connectivity index (χ4v) is 1.74. The Morgan fingerprint density at radius 2 is 1.85 bits per heavy atom. The predicted molar refractivity (Wildman–Crippen MR) is 68.5 cm³/mol. The van der Waals surface area contributed by atoms with E-state index in [0.29, 0.717) is 0 Å². The number of alkyl halides is 3. The Labute approximate surface area is 129 Å². The van der Waals surface area contributed by atoms with Crippen LogP contribution in [0.2, 0.25) is 0 Å². The van der Waals surface area contributed by atoms with Gasteiger partial charge in [-0.05, 0) is 0 Å². The topological polar surface area (TPSA) is 128 Å². The minimum atomic E-state index is -1.81. The van der Waals surface area contributed by atoms with E-state index in [1.54, 1.807) is 0 Å². The van der Waals surface area contributed by atoms with Crippen LogP contribution in [0.5, 0.6) is 0 Å². The summed E-state index contributed by atoms with van der Waals surface area (Å²) in [6, 6.07) is -1.37. The Kier molecular flexibility index (Phi) is 6.55. The largest absolute Gasteiger partial charge is 0.445 e. The molecule has 20 heavy (non-hydrogen) atoms. The normalized spacial score (nSPS) is 34.6. The molecule has 1 fully saturated rings. The van der Waals surface area contributed by atoms with Crippen molar-refractivity contribution >= 4 is 40.9 Å². The number of halogens is 3. The van der Waals surface area contributed by atoms with Crippen LogP contribution in [0.1, 0.15) is 0 Å². The maximum Gasteiger partial charge on any atom is 0.407 e. The second-order valence-corrected chi connectivity index (χ2v) is 6.61. The highest BCUT2D eigenvalue weighted by molar-refractivity contribution is 6.67. The van der Waals surface area contributed by atoms with E-state index in [4.69, 9.17) is 44.6 Å². The molecule has 0 aromatic carbocycles. The van der Waals surface area contributed by atoms with Crippen molar-refractivity contribution in [2.75, 3.05) is 13.2 Å². The van der Waals surface area contributed by atoms with Crippen LogP contribution in [-0.2, 0) is 9.47 Å². The molecular formula is C9H14Cl3NO7. The summed E-state index contributed by atoms with van der Waals surface area (Å²) >= 11 is 16.1. The molecule has 1 aliphatic heterocycles. The average Bonchev–Trinajstić information content (AvgIpc) is 2.35. The maximum atomic E-state index is 11.4. The number of aliphatic hydroxyl groups excluding tert-OH is 4. The Bertz CT molecular complexity index is 340. The number of alkyl carbamates (subject to hydrolysis) is 1. The van der Waals surface area contributed by atoms with Gasteiger partial charge in [0, 0.05) is 0 Å². The van der Waals surface area contributed by atoms with Crippen molar-refractivity contribution < 1.29 is 34.7 Å². The first kappa shape index (κ1) is 18.0. The molecule has 118 valence electrons. The van der Waals surface area contributed by atoms with Crippen LogP contribution in [0.3, 0.4) is 0 Å². The molecule has 5 N–H and O–H groups in total. The van der Waals surface area contributed by atoms with E-state index < -0.39 is 53.7 Å². The van der Waals surface area contributed by atoms with E-state index in [9.17, 15) is 20.1 Å². The molecule has 11 heteroatoms. The van der Waals surface area contributed by atoms with Crippen molar-refractivity contribution in [2.45, 2.75) is 34.4 Å². The van der Waals surface area contributed by atoms with Gasteiger partial charge < -0.3 is 35.2 Å². The number of amides is 1. The van der Waals surface area contributed by atoms with Gasteiger partial charge >= 0.3 is 6.09 Å². The van der Waals surface area contributed by atoms with Gasteiger partial charge in [-0.25, -0.2) is 4.79 Å². The molecule has 0 saturated carbocycles. The zero-order valence-corrected chi connectivity index (χ0v) is 12.2. The minimum absolute atomic E-state index is 0.551. The first-order valence-corrected chi connectivity index (χ1v) is 6.59. The molecule has 1 amide bonds. The molecule has 1 aliphatic rings. The fraction of sp³-hybridized carbons (Fsp3) is 0.889. The second-order valence-electron chi connectivity index (χ2n) is 4.09. The highest BCUT2D eigenvalue weighted by Crippen LogP contribution is 2.26. The molecule has 0 spiro atoms. The molecule has 0 radical (unpaired) electrons. The van der Waals surface area contributed by atoms with Crippen molar-refractivity contribution in [2.24, 2.45) is 0 Å². The first-order valence-electron chi connectivity index (χ1n) is 5.46. The third-order valence-corrected chi connectivity index (χ3v) is 2.88. The summed E-state index contributed by atoms with van der Waals surface area (Å²) in [7, 11) is 0. The second kappa shape index (κ2) is 7.28. The first-order chi connectivity index (χ1) is 9.15. The summed E-state index contributed by atoms with van der Waals surface area (Å²) in [5.74, 6) is 0. The van der Waals surface area contributed by atoms with Gasteiger partial charge in [0.05, 0.1) is 6.61 Å². The molecule has 1 saturated heterocycles. The summed E-state index contributed by atoms with van der Waals surface area (Å²) in [6.07, 6.45) is -6.98. The van der Waals surface area contributed by atoms with E-state index in [1.165, 1.54) is 0 Å². The molecule has 5 atom stereocenters. The molecular weight excluding hydrogens is 340 g/mol. The van der Waals surface area contributed by atoms with Gasteiger partial charge in [-0.1, -0.05) is 34.8 Å². The number of hydrogen-bond donors (Lipinski definition) is 5. The van der Waals surface area contributed by atoms with Gasteiger partial charge in [0.25, 0.3) is 0 Å². The zero-order chi connectivity index (χ0) is 15.5. The van der Waals surface area contributed by atoms with Crippen molar-refractivity contribution in [3.05, 3.63) is 0 Å². The lowest BCUT2D eigenvalue weighted by molar-refractivity contribution is -0.253. The number of carbonyl (C=O) groups excluding carboxylic acids is 1. The predicted octanol–water partition coefficient (Wildman–Crippen LogP) is -1.12. The molecule has 0 aromatic rings. The Hall–Kier alpha value is -0.0600. The van der Waals surface area contributed by atoms with Crippen molar-refractivity contribution in [3.8, 4) is 0 Å². The monoisotopic (exact) mass is 353 g/mol. The molecule has 0 bridgehead atoms. The van der Waals surface area contributed by atoms with E-state index in [-0.39, 0.29) is 0 Å². The lowest BCUT2D eigenvalue weighted by atomic mass is 9.97. The third-order valence-electron chi connectivity index (χ3n) is 2.55. The lowest BCUT2D eigenvalue weighted by Crippen LogP contribution is -2.64. The number of carbonyl (C=O) groups is 1. The molecule has 8 nitrogen and oxygen atoms in total.